The Bertz CT molecular complexity index is 880. The van der Waals surface area contributed by atoms with Gasteiger partial charge in [-0.05, 0) is 36.2 Å². The van der Waals surface area contributed by atoms with Crippen LogP contribution in [-0.2, 0) is 6.42 Å². The molecule has 5 nitrogen and oxygen atoms in total. The van der Waals surface area contributed by atoms with Gasteiger partial charge in [0.15, 0.2) is 6.73 Å². The number of benzene rings is 2. The summed E-state index contributed by atoms with van der Waals surface area (Å²) in [5, 5.41) is 7.51. The largest absolute Gasteiger partial charge is 0.472 e. The minimum Gasteiger partial charge on any atom is -0.472 e. The van der Waals surface area contributed by atoms with E-state index in [1.54, 1.807) is 18.2 Å². The number of para-hydroxylation sites is 1. The van der Waals surface area contributed by atoms with Gasteiger partial charge >= 0.3 is 6.03 Å². The average molecular weight is 378 g/mol. The van der Waals surface area contributed by atoms with Crippen molar-refractivity contribution >= 4 is 40.1 Å². The van der Waals surface area contributed by atoms with E-state index in [9.17, 15) is 4.79 Å². The fourth-order valence-electron chi connectivity index (χ4n) is 2.48. The molecule has 1 heterocycles. The Balaban J connectivity index is 1.41. The topological polar surface area (TPSA) is 66.2 Å². The predicted molar refractivity (Wildman–Crippen MR) is 100 cm³/mol. The molecular formula is C18H17Cl2N3O2. The van der Waals surface area contributed by atoms with E-state index in [4.69, 9.17) is 27.9 Å². The number of rotatable bonds is 6. The number of ether oxygens (including phenoxy) is 1. The second-order valence-corrected chi connectivity index (χ2v) is 6.25. The molecule has 0 atom stereocenters. The highest BCUT2D eigenvalue weighted by molar-refractivity contribution is 6.35. The lowest BCUT2D eigenvalue weighted by Crippen LogP contribution is -2.38. The van der Waals surface area contributed by atoms with Gasteiger partial charge in [-0.1, -0.05) is 41.4 Å². The number of hydrogen-bond acceptors (Lipinski definition) is 2. The van der Waals surface area contributed by atoms with E-state index in [2.05, 4.69) is 21.7 Å². The molecule has 3 aromatic rings. The van der Waals surface area contributed by atoms with Gasteiger partial charge in [0, 0.05) is 28.7 Å². The molecule has 0 fully saturated rings. The van der Waals surface area contributed by atoms with Crippen molar-refractivity contribution in [1.29, 1.82) is 0 Å². The van der Waals surface area contributed by atoms with Crippen molar-refractivity contribution in [2.24, 2.45) is 0 Å². The molecule has 0 saturated heterocycles. The van der Waals surface area contributed by atoms with E-state index in [-0.39, 0.29) is 12.8 Å². The van der Waals surface area contributed by atoms with Crippen LogP contribution in [0.1, 0.15) is 5.56 Å². The molecule has 2 amide bonds. The average Bonchev–Trinajstić information content (AvgIpc) is 3.00. The summed E-state index contributed by atoms with van der Waals surface area (Å²) in [6.45, 7) is 0.537. The summed E-state index contributed by atoms with van der Waals surface area (Å²) >= 11 is 11.8. The SMILES string of the molecule is O=C(NCCc1c[nH]c2ccccc12)NCOc1ccc(Cl)cc1Cl. The van der Waals surface area contributed by atoms with Crippen molar-refractivity contribution in [3.63, 3.8) is 0 Å². The highest BCUT2D eigenvalue weighted by atomic mass is 35.5. The smallest absolute Gasteiger partial charge is 0.317 e. The third-order valence-electron chi connectivity index (χ3n) is 3.71. The van der Waals surface area contributed by atoms with Crippen LogP contribution in [0.4, 0.5) is 4.79 Å². The number of aromatic nitrogens is 1. The number of urea groups is 1. The number of nitrogens with one attached hydrogen (secondary N) is 3. The third-order valence-corrected chi connectivity index (χ3v) is 4.24. The zero-order valence-corrected chi connectivity index (χ0v) is 14.8. The first-order chi connectivity index (χ1) is 12.1. The molecule has 0 aliphatic carbocycles. The lowest BCUT2D eigenvalue weighted by Gasteiger charge is -2.10. The Hall–Kier alpha value is -2.37. The summed E-state index contributed by atoms with van der Waals surface area (Å²) < 4.78 is 5.40. The molecule has 2 aromatic carbocycles. The molecule has 0 saturated carbocycles. The van der Waals surface area contributed by atoms with Crippen LogP contribution < -0.4 is 15.4 Å². The minimum atomic E-state index is -0.301. The normalized spacial score (nSPS) is 10.6. The third kappa shape index (κ3) is 4.59. The van der Waals surface area contributed by atoms with Crippen LogP contribution in [0.3, 0.4) is 0 Å². The second-order valence-electron chi connectivity index (χ2n) is 5.41. The summed E-state index contributed by atoms with van der Waals surface area (Å²) in [7, 11) is 0. The van der Waals surface area contributed by atoms with Gasteiger partial charge in [-0.3, -0.25) is 0 Å². The number of aromatic amines is 1. The molecule has 0 aliphatic rings. The number of carbonyl (C=O) groups excluding carboxylic acids is 1. The monoisotopic (exact) mass is 377 g/mol. The Morgan fingerprint density at radius 3 is 2.80 bits per heavy atom. The van der Waals surface area contributed by atoms with Crippen LogP contribution >= 0.6 is 23.2 Å². The van der Waals surface area contributed by atoms with Crippen LogP contribution in [0, 0.1) is 0 Å². The summed E-state index contributed by atoms with van der Waals surface area (Å²) in [5.41, 5.74) is 2.26. The zero-order valence-electron chi connectivity index (χ0n) is 13.3. The highest BCUT2D eigenvalue weighted by Crippen LogP contribution is 2.27. The maximum atomic E-state index is 11.8. The van der Waals surface area contributed by atoms with Gasteiger partial charge in [-0.15, -0.1) is 0 Å². The molecule has 7 heteroatoms. The number of fused-ring (bicyclic) bond motifs is 1. The van der Waals surface area contributed by atoms with Crippen molar-refractivity contribution in [2.45, 2.75) is 6.42 Å². The van der Waals surface area contributed by atoms with Crippen LogP contribution in [-0.4, -0.2) is 24.3 Å². The first-order valence-electron chi connectivity index (χ1n) is 7.78. The molecule has 0 radical (unpaired) electrons. The number of amides is 2. The molecule has 0 spiro atoms. The van der Waals surface area contributed by atoms with Crippen molar-refractivity contribution in [3.8, 4) is 5.75 Å². The van der Waals surface area contributed by atoms with Gasteiger partial charge in [0.1, 0.15) is 5.75 Å². The highest BCUT2D eigenvalue weighted by Gasteiger charge is 2.05. The molecule has 3 N–H and O–H groups in total. The zero-order chi connectivity index (χ0) is 17.6. The summed E-state index contributed by atoms with van der Waals surface area (Å²) in [4.78, 5) is 15.0. The summed E-state index contributed by atoms with van der Waals surface area (Å²) in [5.74, 6) is 0.463. The first kappa shape index (κ1) is 17.5. The molecule has 1 aromatic heterocycles. The fourth-order valence-corrected chi connectivity index (χ4v) is 2.95. The maximum Gasteiger partial charge on any atom is 0.317 e. The quantitative estimate of drug-likeness (QED) is 0.559. The standard InChI is InChI=1S/C18H17Cl2N3O2/c19-13-5-6-17(15(20)9-13)25-11-23-18(24)21-8-7-12-10-22-16-4-2-1-3-14(12)16/h1-6,9-10,22H,7-8,11H2,(H2,21,23,24). The van der Waals surface area contributed by atoms with Crippen LogP contribution in [0.2, 0.25) is 10.0 Å². The van der Waals surface area contributed by atoms with Crippen molar-refractivity contribution in [1.82, 2.24) is 15.6 Å². The lowest BCUT2D eigenvalue weighted by molar-refractivity contribution is 0.224. The van der Waals surface area contributed by atoms with E-state index in [0.717, 1.165) is 11.9 Å². The molecule has 0 bridgehead atoms. The maximum absolute atomic E-state index is 11.8. The van der Waals surface area contributed by atoms with Crippen LogP contribution in [0.15, 0.2) is 48.7 Å². The summed E-state index contributed by atoms with van der Waals surface area (Å²) in [6.07, 6.45) is 2.71. The van der Waals surface area contributed by atoms with Crippen molar-refractivity contribution < 1.29 is 9.53 Å². The van der Waals surface area contributed by atoms with Crippen LogP contribution in [0.25, 0.3) is 10.9 Å². The lowest BCUT2D eigenvalue weighted by atomic mass is 10.1. The van der Waals surface area contributed by atoms with Gasteiger partial charge in [0.25, 0.3) is 0 Å². The molecule has 3 rings (SSSR count). The van der Waals surface area contributed by atoms with E-state index in [0.29, 0.717) is 22.3 Å². The van der Waals surface area contributed by atoms with Gasteiger partial charge in [0.05, 0.1) is 5.02 Å². The van der Waals surface area contributed by atoms with E-state index < -0.39 is 0 Å². The predicted octanol–water partition coefficient (Wildman–Crippen LogP) is 4.35. The van der Waals surface area contributed by atoms with Gasteiger partial charge < -0.3 is 20.4 Å². The molecular weight excluding hydrogens is 361 g/mol. The van der Waals surface area contributed by atoms with Crippen molar-refractivity contribution in [3.05, 3.63) is 64.3 Å². The van der Waals surface area contributed by atoms with E-state index in [1.807, 2.05) is 24.4 Å². The van der Waals surface area contributed by atoms with Crippen molar-refractivity contribution in [2.75, 3.05) is 13.3 Å². The number of hydrogen-bond donors (Lipinski definition) is 3. The first-order valence-corrected chi connectivity index (χ1v) is 8.53. The molecule has 25 heavy (non-hydrogen) atoms. The van der Waals surface area contributed by atoms with Gasteiger partial charge in [-0.25, -0.2) is 4.79 Å². The van der Waals surface area contributed by atoms with E-state index in [1.165, 1.54) is 10.9 Å². The van der Waals surface area contributed by atoms with Gasteiger partial charge in [-0.2, -0.15) is 0 Å². The van der Waals surface area contributed by atoms with E-state index >= 15 is 0 Å². The Labute approximate surface area is 155 Å². The number of H-pyrrole nitrogens is 1. The minimum absolute atomic E-state index is 0.0142. The molecule has 0 unspecified atom stereocenters. The molecule has 130 valence electrons. The Kier molecular flexibility index (Phi) is 5.68. The second kappa shape index (κ2) is 8.14. The number of halogens is 2. The Morgan fingerprint density at radius 1 is 1.12 bits per heavy atom. The van der Waals surface area contributed by atoms with Crippen LogP contribution in [0.5, 0.6) is 5.75 Å². The fraction of sp³-hybridized carbons (Fsp3) is 0.167. The number of carbonyl (C=O) groups is 1. The molecule has 0 aliphatic heterocycles. The van der Waals surface area contributed by atoms with Gasteiger partial charge in [0.2, 0.25) is 0 Å². The summed E-state index contributed by atoms with van der Waals surface area (Å²) in [6, 6.07) is 12.7. The Morgan fingerprint density at radius 2 is 1.96 bits per heavy atom.